The van der Waals surface area contributed by atoms with Crippen LogP contribution >= 0.6 is 0 Å². The first kappa shape index (κ1) is 17.5. The second-order valence-electron chi connectivity index (χ2n) is 5.70. The maximum Gasteiger partial charge on any atom is 0.332 e. The predicted molar refractivity (Wildman–Crippen MR) is 100 cm³/mol. The fraction of sp³-hybridized carbons (Fsp3) is 0.294. The van der Waals surface area contributed by atoms with Gasteiger partial charge < -0.3 is 9.30 Å². The van der Waals surface area contributed by atoms with E-state index in [1.165, 1.54) is 11.6 Å². The lowest BCUT2D eigenvalue weighted by molar-refractivity contribution is 0.415. The lowest BCUT2D eigenvalue weighted by atomic mass is 10.2. The first-order valence-electron chi connectivity index (χ1n) is 8.07. The molecule has 0 saturated heterocycles. The summed E-state index contributed by atoms with van der Waals surface area (Å²) >= 11 is 0. The third-order valence-electron chi connectivity index (χ3n) is 4.16. The van der Waals surface area contributed by atoms with Crippen LogP contribution in [0.4, 0.5) is 5.95 Å². The van der Waals surface area contributed by atoms with Crippen molar-refractivity contribution in [3.05, 3.63) is 50.7 Å². The average Bonchev–Trinajstić information content (AvgIpc) is 3.04. The Bertz CT molecular complexity index is 1090. The Balaban J connectivity index is 1.98. The maximum absolute atomic E-state index is 12.5. The number of hydrogen-bond acceptors (Lipinski definition) is 6. The van der Waals surface area contributed by atoms with Crippen molar-refractivity contribution in [3.63, 3.8) is 0 Å². The third kappa shape index (κ3) is 2.87. The second-order valence-corrected chi connectivity index (χ2v) is 5.70. The van der Waals surface area contributed by atoms with Crippen LogP contribution in [0.1, 0.15) is 12.5 Å². The minimum atomic E-state index is -0.420. The molecule has 0 amide bonds. The van der Waals surface area contributed by atoms with Crippen molar-refractivity contribution < 1.29 is 4.74 Å². The highest BCUT2D eigenvalue weighted by molar-refractivity contribution is 5.80. The topological polar surface area (TPSA) is 95.4 Å². The minimum absolute atomic E-state index is 0.321. The van der Waals surface area contributed by atoms with Crippen molar-refractivity contribution >= 4 is 23.3 Å². The summed E-state index contributed by atoms with van der Waals surface area (Å²) in [4.78, 5) is 28.9. The summed E-state index contributed by atoms with van der Waals surface area (Å²) in [5, 5.41) is 4.18. The van der Waals surface area contributed by atoms with Crippen LogP contribution in [0.5, 0.6) is 5.75 Å². The summed E-state index contributed by atoms with van der Waals surface area (Å²) in [5.74, 6) is 1.16. The number of anilines is 1. The molecule has 2 heterocycles. The van der Waals surface area contributed by atoms with Crippen molar-refractivity contribution in [1.82, 2.24) is 18.7 Å². The number of rotatable bonds is 5. The van der Waals surface area contributed by atoms with Crippen LogP contribution in [0.15, 0.2) is 39.0 Å². The summed E-state index contributed by atoms with van der Waals surface area (Å²) in [7, 11) is 4.64. The van der Waals surface area contributed by atoms with Crippen LogP contribution in [-0.4, -0.2) is 32.0 Å². The number of imidazole rings is 1. The Labute approximate surface area is 149 Å². The smallest absolute Gasteiger partial charge is 0.332 e. The number of methoxy groups -OCH3 is 1. The van der Waals surface area contributed by atoms with Crippen LogP contribution in [-0.2, 0) is 20.6 Å². The second kappa shape index (κ2) is 6.87. The summed E-state index contributed by atoms with van der Waals surface area (Å²) < 4.78 is 9.23. The van der Waals surface area contributed by atoms with Gasteiger partial charge in [-0.3, -0.25) is 13.9 Å². The quantitative estimate of drug-likeness (QED) is 0.541. The van der Waals surface area contributed by atoms with Gasteiger partial charge in [0.25, 0.3) is 5.56 Å². The van der Waals surface area contributed by atoms with Gasteiger partial charge in [-0.15, -0.1) is 0 Å². The molecular weight excluding hydrogens is 336 g/mol. The van der Waals surface area contributed by atoms with Gasteiger partial charge in [-0.25, -0.2) is 10.2 Å². The van der Waals surface area contributed by atoms with E-state index < -0.39 is 5.69 Å². The molecule has 1 N–H and O–H groups in total. The van der Waals surface area contributed by atoms with Gasteiger partial charge in [-0.05, 0) is 36.8 Å². The molecule has 3 rings (SSSR count). The lowest BCUT2D eigenvalue weighted by Gasteiger charge is -2.05. The van der Waals surface area contributed by atoms with Crippen molar-refractivity contribution in [1.29, 1.82) is 0 Å². The number of aromatic nitrogens is 4. The molecule has 0 aliphatic carbocycles. The summed E-state index contributed by atoms with van der Waals surface area (Å²) in [5.41, 5.74) is 3.60. The van der Waals surface area contributed by atoms with Crippen molar-refractivity contribution in [2.24, 2.45) is 19.2 Å². The van der Waals surface area contributed by atoms with Gasteiger partial charge in [-0.1, -0.05) is 0 Å². The molecule has 0 radical (unpaired) electrons. The summed E-state index contributed by atoms with van der Waals surface area (Å²) in [6.07, 6.45) is 1.63. The van der Waals surface area contributed by atoms with E-state index in [0.29, 0.717) is 23.7 Å². The van der Waals surface area contributed by atoms with Crippen molar-refractivity contribution in [2.75, 3.05) is 12.5 Å². The number of aryl methyl sites for hydroxylation is 2. The number of benzene rings is 1. The molecule has 0 saturated carbocycles. The molecule has 0 atom stereocenters. The van der Waals surface area contributed by atoms with E-state index in [1.54, 1.807) is 24.9 Å². The first-order chi connectivity index (χ1) is 12.5. The Morgan fingerprint density at radius 2 is 1.88 bits per heavy atom. The van der Waals surface area contributed by atoms with Crippen LogP contribution in [0.25, 0.3) is 11.2 Å². The third-order valence-corrected chi connectivity index (χ3v) is 4.16. The monoisotopic (exact) mass is 356 g/mol. The maximum atomic E-state index is 12.5. The van der Waals surface area contributed by atoms with Gasteiger partial charge in [0.2, 0.25) is 5.95 Å². The molecule has 0 spiro atoms. The molecule has 9 nitrogen and oxygen atoms in total. The van der Waals surface area contributed by atoms with Gasteiger partial charge in [0.1, 0.15) is 5.75 Å². The molecule has 1 aromatic carbocycles. The van der Waals surface area contributed by atoms with Crippen molar-refractivity contribution in [2.45, 2.75) is 13.5 Å². The average molecular weight is 356 g/mol. The Morgan fingerprint density at radius 1 is 1.19 bits per heavy atom. The number of fused-ring (bicyclic) bond motifs is 1. The SMILES string of the molecule is CCn1c(N/N=C/c2ccc(OC)cc2)nc2c1c(=O)n(C)c(=O)n2C. The van der Waals surface area contributed by atoms with Crippen LogP contribution in [0, 0.1) is 0 Å². The molecular formula is C17H20N6O3. The number of hydrazone groups is 1. The molecule has 136 valence electrons. The number of nitrogens with zero attached hydrogens (tertiary/aromatic N) is 5. The highest BCUT2D eigenvalue weighted by atomic mass is 16.5. The van der Waals surface area contributed by atoms with E-state index in [9.17, 15) is 9.59 Å². The van der Waals surface area contributed by atoms with Crippen LogP contribution in [0.2, 0.25) is 0 Å². The molecule has 0 bridgehead atoms. The highest BCUT2D eigenvalue weighted by Gasteiger charge is 2.17. The fourth-order valence-corrected chi connectivity index (χ4v) is 2.69. The van der Waals surface area contributed by atoms with Crippen LogP contribution in [0.3, 0.4) is 0 Å². The highest BCUT2D eigenvalue weighted by Crippen LogP contribution is 2.15. The van der Waals surface area contributed by atoms with Crippen molar-refractivity contribution in [3.8, 4) is 5.75 Å². The van der Waals surface area contributed by atoms with E-state index in [1.807, 2.05) is 31.2 Å². The molecule has 26 heavy (non-hydrogen) atoms. The lowest BCUT2D eigenvalue weighted by Crippen LogP contribution is -2.37. The molecule has 0 aliphatic rings. The normalized spacial score (nSPS) is 11.4. The van der Waals surface area contributed by atoms with Gasteiger partial charge in [0.05, 0.1) is 13.3 Å². The van der Waals surface area contributed by atoms with Gasteiger partial charge in [0, 0.05) is 20.6 Å². The summed E-state index contributed by atoms with van der Waals surface area (Å²) in [6.45, 7) is 2.40. The van der Waals surface area contributed by atoms with E-state index >= 15 is 0 Å². The zero-order valence-electron chi connectivity index (χ0n) is 15.1. The van der Waals surface area contributed by atoms with Crippen LogP contribution < -0.4 is 21.4 Å². The molecule has 0 fully saturated rings. The molecule has 0 aliphatic heterocycles. The van der Waals surface area contributed by atoms with Gasteiger partial charge in [0.15, 0.2) is 11.2 Å². The molecule has 3 aromatic rings. The Hall–Kier alpha value is -3.36. The Kier molecular flexibility index (Phi) is 4.61. The van der Waals surface area contributed by atoms with Gasteiger partial charge in [-0.2, -0.15) is 10.1 Å². The number of hydrogen-bond donors (Lipinski definition) is 1. The molecule has 2 aromatic heterocycles. The van der Waals surface area contributed by atoms with Gasteiger partial charge >= 0.3 is 5.69 Å². The van der Waals surface area contributed by atoms with E-state index in [-0.39, 0.29) is 5.56 Å². The first-order valence-corrected chi connectivity index (χ1v) is 8.07. The van der Waals surface area contributed by atoms with E-state index in [2.05, 4.69) is 15.5 Å². The van der Waals surface area contributed by atoms with E-state index in [4.69, 9.17) is 4.74 Å². The molecule has 0 unspecified atom stereocenters. The zero-order chi connectivity index (χ0) is 18.8. The Morgan fingerprint density at radius 3 is 2.50 bits per heavy atom. The number of ether oxygens (including phenoxy) is 1. The largest absolute Gasteiger partial charge is 0.497 e. The molecule has 9 heteroatoms. The summed E-state index contributed by atoms with van der Waals surface area (Å²) in [6, 6.07) is 7.41. The van der Waals surface area contributed by atoms with E-state index in [0.717, 1.165) is 15.9 Å². The minimum Gasteiger partial charge on any atom is -0.497 e. The number of nitrogens with one attached hydrogen (secondary N) is 1. The standard InChI is InChI=1S/C17H20N6O3/c1-5-23-13-14(21(2)17(25)22(3)15(13)24)19-16(23)20-18-10-11-6-8-12(26-4)9-7-11/h6-10H,5H2,1-4H3,(H,19,20)/b18-10+. The zero-order valence-corrected chi connectivity index (χ0v) is 15.1. The predicted octanol–water partition coefficient (Wildman–Crippen LogP) is 0.908. The fourth-order valence-electron chi connectivity index (χ4n) is 2.69.